The minimum absolute atomic E-state index is 0.234. The van der Waals surface area contributed by atoms with Crippen molar-refractivity contribution in [3.63, 3.8) is 0 Å². The molecule has 7 nitrogen and oxygen atoms in total. The van der Waals surface area contributed by atoms with Gasteiger partial charge in [-0.2, -0.15) is 26.3 Å². The molecule has 11 heteroatoms. The van der Waals surface area contributed by atoms with E-state index in [1.807, 2.05) is 0 Å². The van der Waals surface area contributed by atoms with Crippen molar-refractivity contribution in [2.45, 2.75) is 18.6 Å². The van der Waals surface area contributed by atoms with E-state index in [1.165, 1.54) is 4.72 Å². The van der Waals surface area contributed by atoms with E-state index in [9.17, 15) is 26.4 Å². The smallest absolute Gasteiger partial charge is 0.402 e. The molecule has 0 radical (unpaired) electrons. The summed E-state index contributed by atoms with van der Waals surface area (Å²) in [5.41, 5.74) is 5.05. The van der Waals surface area contributed by atoms with Crippen LogP contribution in [0.4, 0.5) is 13.2 Å². The average molecular weight is 279 g/mol. The SMILES string of the molecule is NC(CCNS(=O)(=O)NCC(F)(F)F)C(=O)O. The molecule has 0 aromatic heterocycles. The number of hydrogen-bond donors (Lipinski definition) is 4. The highest BCUT2D eigenvalue weighted by Crippen LogP contribution is 2.12. The topological polar surface area (TPSA) is 122 Å². The predicted octanol–water partition coefficient (Wildman–Crippen LogP) is -1.23. The molecule has 0 aromatic rings. The fourth-order valence-electron chi connectivity index (χ4n) is 0.700. The number of rotatable bonds is 7. The molecule has 0 heterocycles. The van der Waals surface area contributed by atoms with E-state index in [1.54, 1.807) is 4.72 Å². The van der Waals surface area contributed by atoms with E-state index in [4.69, 9.17) is 10.8 Å². The lowest BCUT2D eigenvalue weighted by Gasteiger charge is -2.11. The molecule has 0 saturated carbocycles. The molecule has 1 atom stereocenters. The zero-order chi connectivity index (χ0) is 13.7. The van der Waals surface area contributed by atoms with Crippen molar-refractivity contribution >= 4 is 16.2 Å². The molecule has 0 fully saturated rings. The van der Waals surface area contributed by atoms with Gasteiger partial charge >= 0.3 is 12.1 Å². The highest BCUT2D eigenvalue weighted by atomic mass is 32.2. The van der Waals surface area contributed by atoms with E-state index in [0.717, 1.165) is 0 Å². The van der Waals surface area contributed by atoms with Gasteiger partial charge in [-0.25, -0.2) is 4.72 Å². The quantitative estimate of drug-likeness (QED) is 0.465. The number of carboxylic acids is 1. The van der Waals surface area contributed by atoms with Gasteiger partial charge in [0.25, 0.3) is 10.2 Å². The zero-order valence-corrected chi connectivity index (χ0v) is 9.31. The fraction of sp³-hybridized carbons (Fsp3) is 0.833. The first-order valence-electron chi connectivity index (χ1n) is 4.33. The molecule has 1 unspecified atom stereocenters. The van der Waals surface area contributed by atoms with Gasteiger partial charge in [-0.1, -0.05) is 0 Å². The van der Waals surface area contributed by atoms with Crippen LogP contribution in [0, 0.1) is 0 Å². The zero-order valence-electron chi connectivity index (χ0n) is 8.49. The first-order valence-corrected chi connectivity index (χ1v) is 5.81. The molecule has 0 amide bonds. The number of aliphatic carboxylic acids is 1. The van der Waals surface area contributed by atoms with Gasteiger partial charge in [0.05, 0.1) is 0 Å². The third-order valence-electron chi connectivity index (χ3n) is 1.53. The van der Waals surface area contributed by atoms with Crippen molar-refractivity contribution in [2.75, 3.05) is 13.1 Å². The Kier molecular flexibility index (Phi) is 5.81. The number of carbonyl (C=O) groups is 1. The van der Waals surface area contributed by atoms with Crippen LogP contribution in [0.2, 0.25) is 0 Å². The minimum Gasteiger partial charge on any atom is -0.480 e. The molecule has 17 heavy (non-hydrogen) atoms. The van der Waals surface area contributed by atoms with Crippen molar-refractivity contribution in [2.24, 2.45) is 5.73 Å². The Hall–Kier alpha value is -0.910. The monoisotopic (exact) mass is 279 g/mol. The van der Waals surface area contributed by atoms with Crippen molar-refractivity contribution in [3.8, 4) is 0 Å². The number of carboxylic acid groups (broad SMARTS) is 1. The van der Waals surface area contributed by atoms with Crippen LogP contribution in [-0.2, 0) is 15.0 Å². The van der Waals surface area contributed by atoms with Crippen LogP contribution < -0.4 is 15.2 Å². The number of hydrogen-bond acceptors (Lipinski definition) is 4. The van der Waals surface area contributed by atoms with Gasteiger partial charge in [0.15, 0.2) is 0 Å². The molecule has 0 saturated heterocycles. The van der Waals surface area contributed by atoms with Crippen LogP contribution in [0.3, 0.4) is 0 Å². The highest BCUT2D eigenvalue weighted by Gasteiger charge is 2.29. The molecule has 0 bridgehead atoms. The minimum atomic E-state index is -4.66. The Morgan fingerprint density at radius 3 is 2.29 bits per heavy atom. The summed E-state index contributed by atoms with van der Waals surface area (Å²) in [6.45, 7) is -2.08. The second-order valence-electron chi connectivity index (χ2n) is 3.07. The third-order valence-corrected chi connectivity index (χ3v) is 2.64. The number of alkyl halides is 3. The Balaban J connectivity index is 3.99. The molecule has 0 spiro atoms. The molecule has 0 aliphatic carbocycles. The molecule has 5 N–H and O–H groups in total. The molecule has 0 aliphatic rings. The largest absolute Gasteiger partial charge is 0.480 e. The van der Waals surface area contributed by atoms with Crippen LogP contribution in [-0.4, -0.2) is 44.8 Å². The molecular formula is C6H12F3N3O4S. The van der Waals surface area contributed by atoms with Gasteiger partial charge in [0.2, 0.25) is 0 Å². The van der Waals surface area contributed by atoms with Crippen molar-refractivity contribution in [1.29, 1.82) is 0 Å². The Labute approximate surface area is 95.4 Å². The number of nitrogens with two attached hydrogens (primary N) is 1. The standard InChI is InChI=1S/C6H12F3N3O4S/c7-6(8,9)3-12-17(15,16)11-2-1-4(10)5(13)14/h4,11-12H,1-3,10H2,(H,13,14). The third kappa shape index (κ3) is 8.85. The summed E-state index contributed by atoms with van der Waals surface area (Å²) in [6, 6.07) is -1.28. The van der Waals surface area contributed by atoms with E-state index in [-0.39, 0.29) is 13.0 Å². The maximum atomic E-state index is 11.7. The summed E-state index contributed by atoms with van der Waals surface area (Å²) in [4.78, 5) is 10.2. The van der Waals surface area contributed by atoms with Crippen LogP contribution >= 0.6 is 0 Å². The van der Waals surface area contributed by atoms with Crippen LogP contribution in [0.1, 0.15) is 6.42 Å². The second-order valence-corrected chi connectivity index (χ2v) is 4.65. The van der Waals surface area contributed by atoms with Gasteiger partial charge in [-0.05, 0) is 6.42 Å². The van der Waals surface area contributed by atoms with Gasteiger partial charge in [-0.3, -0.25) is 4.79 Å². The Bertz CT molecular complexity index is 356. The maximum absolute atomic E-state index is 11.7. The Morgan fingerprint density at radius 1 is 1.35 bits per heavy atom. The lowest BCUT2D eigenvalue weighted by molar-refractivity contribution is -0.138. The Morgan fingerprint density at radius 2 is 1.88 bits per heavy atom. The number of nitrogens with one attached hydrogen (secondary N) is 2. The van der Waals surface area contributed by atoms with E-state index < -0.39 is 34.9 Å². The van der Waals surface area contributed by atoms with Gasteiger partial charge < -0.3 is 10.8 Å². The average Bonchev–Trinajstić information content (AvgIpc) is 2.13. The van der Waals surface area contributed by atoms with E-state index >= 15 is 0 Å². The molecule has 0 rings (SSSR count). The second kappa shape index (κ2) is 6.14. The summed E-state index contributed by atoms with van der Waals surface area (Å²) in [6.07, 6.45) is -4.89. The van der Waals surface area contributed by atoms with Crippen LogP contribution in [0.5, 0.6) is 0 Å². The van der Waals surface area contributed by atoms with Gasteiger partial charge in [0, 0.05) is 6.54 Å². The first-order chi connectivity index (χ1) is 7.53. The number of halogens is 3. The first kappa shape index (κ1) is 16.1. The normalized spacial score (nSPS) is 14.6. The summed E-state index contributed by atoms with van der Waals surface area (Å²) in [5.74, 6) is -1.33. The van der Waals surface area contributed by atoms with Gasteiger partial charge in [-0.15, -0.1) is 0 Å². The fourth-order valence-corrected chi connectivity index (χ4v) is 1.54. The predicted molar refractivity (Wildman–Crippen MR) is 51.2 cm³/mol. The van der Waals surface area contributed by atoms with Crippen LogP contribution in [0.25, 0.3) is 0 Å². The lowest BCUT2D eigenvalue weighted by Crippen LogP contribution is -2.43. The van der Waals surface area contributed by atoms with Crippen molar-refractivity contribution in [3.05, 3.63) is 0 Å². The van der Waals surface area contributed by atoms with Crippen LogP contribution in [0.15, 0.2) is 0 Å². The van der Waals surface area contributed by atoms with Crippen molar-refractivity contribution in [1.82, 2.24) is 9.44 Å². The van der Waals surface area contributed by atoms with Crippen molar-refractivity contribution < 1.29 is 31.5 Å². The highest BCUT2D eigenvalue weighted by molar-refractivity contribution is 7.87. The molecule has 102 valence electrons. The molecular weight excluding hydrogens is 267 g/mol. The summed E-state index contributed by atoms with van der Waals surface area (Å²) < 4.78 is 59.9. The molecule has 0 aliphatic heterocycles. The molecule has 0 aromatic carbocycles. The summed E-state index contributed by atoms with van der Waals surface area (Å²) in [7, 11) is -4.30. The summed E-state index contributed by atoms with van der Waals surface area (Å²) in [5, 5.41) is 8.35. The summed E-state index contributed by atoms with van der Waals surface area (Å²) >= 11 is 0. The van der Waals surface area contributed by atoms with Gasteiger partial charge in [0.1, 0.15) is 12.6 Å². The van der Waals surface area contributed by atoms with E-state index in [2.05, 4.69) is 0 Å². The van der Waals surface area contributed by atoms with E-state index in [0.29, 0.717) is 0 Å². The maximum Gasteiger partial charge on any atom is 0.402 e. The lowest BCUT2D eigenvalue weighted by atomic mass is 10.2.